The number of benzene rings is 2. The summed E-state index contributed by atoms with van der Waals surface area (Å²) < 4.78 is 18.7. The fourth-order valence-corrected chi connectivity index (χ4v) is 5.99. The van der Waals surface area contributed by atoms with Gasteiger partial charge in [0.2, 0.25) is 0 Å². The van der Waals surface area contributed by atoms with Crippen LogP contribution in [0.5, 0.6) is 5.75 Å². The molecular weight excluding hydrogens is 515 g/mol. The number of rotatable bonds is 7. The molecule has 1 saturated heterocycles. The molecule has 9 heteroatoms. The van der Waals surface area contributed by atoms with Crippen LogP contribution in [0.1, 0.15) is 64.2 Å². The van der Waals surface area contributed by atoms with E-state index >= 15 is 0 Å². The number of hydrogen-bond acceptors (Lipinski definition) is 6. The summed E-state index contributed by atoms with van der Waals surface area (Å²) in [6, 6.07) is 15.6. The number of aromatic nitrogens is 2. The highest BCUT2D eigenvalue weighted by Gasteiger charge is 2.29. The number of piperidine rings is 1. The molecule has 1 aliphatic heterocycles. The number of carbonyl (C=O) groups is 2. The second-order valence-electron chi connectivity index (χ2n) is 10.5. The van der Waals surface area contributed by atoms with Gasteiger partial charge in [-0.3, -0.25) is 9.59 Å². The van der Waals surface area contributed by atoms with Gasteiger partial charge in [0.15, 0.2) is 0 Å². The molecule has 0 spiro atoms. The number of fused-ring (bicyclic) bond motifs is 1. The summed E-state index contributed by atoms with van der Waals surface area (Å²) in [4.78, 5) is 37.2. The van der Waals surface area contributed by atoms with Gasteiger partial charge in [-0.15, -0.1) is 11.3 Å². The Balaban J connectivity index is 1.19. The number of thiazole rings is 1. The fraction of sp³-hybridized carbons (Fsp3) is 0.333. The number of ether oxygens (including phenoxy) is 1. The molecule has 0 saturated carbocycles. The minimum absolute atomic E-state index is 0.111. The zero-order valence-electron chi connectivity index (χ0n) is 22.2. The molecule has 3 heterocycles. The van der Waals surface area contributed by atoms with Gasteiger partial charge in [0, 0.05) is 41.4 Å². The van der Waals surface area contributed by atoms with E-state index in [1.165, 1.54) is 23.5 Å². The molecular formula is C30H31FN4O3S. The summed E-state index contributed by atoms with van der Waals surface area (Å²) >= 11 is 1.48. The topological polar surface area (TPSA) is 84.4 Å². The predicted molar refractivity (Wildman–Crippen MR) is 150 cm³/mol. The Labute approximate surface area is 231 Å². The molecule has 2 aromatic heterocycles. The lowest BCUT2D eigenvalue weighted by Crippen LogP contribution is -2.45. The van der Waals surface area contributed by atoms with Crippen LogP contribution in [0.3, 0.4) is 0 Å². The maximum Gasteiger partial charge on any atom is 0.272 e. The monoisotopic (exact) mass is 546 g/mol. The summed E-state index contributed by atoms with van der Waals surface area (Å²) in [7, 11) is 1.59. The third-order valence-electron chi connectivity index (χ3n) is 7.01. The van der Waals surface area contributed by atoms with Gasteiger partial charge in [-0.2, -0.15) is 0 Å². The van der Waals surface area contributed by atoms with E-state index in [4.69, 9.17) is 4.74 Å². The summed E-state index contributed by atoms with van der Waals surface area (Å²) in [5.74, 6) is 0.199. The zero-order valence-corrected chi connectivity index (χ0v) is 23.1. The van der Waals surface area contributed by atoms with Crippen LogP contribution in [0.25, 0.3) is 10.9 Å². The quantitative estimate of drug-likeness (QED) is 0.326. The number of amides is 2. The van der Waals surface area contributed by atoms with Crippen molar-refractivity contribution in [2.75, 3.05) is 20.2 Å². The molecule has 1 fully saturated rings. The maximum absolute atomic E-state index is 13.3. The van der Waals surface area contributed by atoms with Crippen LogP contribution in [0.2, 0.25) is 0 Å². The van der Waals surface area contributed by atoms with Crippen molar-refractivity contribution in [1.82, 2.24) is 20.2 Å². The van der Waals surface area contributed by atoms with E-state index in [9.17, 15) is 14.0 Å². The lowest BCUT2D eigenvalue weighted by molar-refractivity contribution is 0.0707. The first-order valence-electron chi connectivity index (χ1n) is 13.0. The van der Waals surface area contributed by atoms with Gasteiger partial charge in [-0.1, -0.05) is 24.3 Å². The highest BCUT2D eigenvalue weighted by atomic mass is 32.1. The molecule has 7 nitrogen and oxygen atoms in total. The van der Waals surface area contributed by atoms with Crippen molar-refractivity contribution in [3.05, 3.63) is 87.8 Å². The lowest BCUT2D eigenvalue weighted by atomic mass is 9.94. The highest BCUT2D eigenvalue weighted by Crippen LogP contribution is 2.32. The first kappa shape index (κ1) is 26.7. The number of para-hydroxylation sites is 1. The number of likely N-dealkylation sites (tertiary alicyclic amines) is 1. The van der Waals surface area contributed by atoms with Crippen LogP contribution in [0.15, 0.2) is 60.0 Å². The van der Waals surface area contributed by atoms with Gasteiger partial charge in [-0.05, 0) is 62.9 Å². The largest absolute Gasteiger partial charge is 0.496 e. The van der Waals surface area contributed by atoms with Crippen molar-refractivity contribution in [3.63, 3.8) is 0 Å². The van der Waals surface area contributed by atoms with Crippen molar-refractivity contribution >= 4 is 34.1 Å². The van der Waals surface area contributed by atoms with Crippen molar-refractivity contribution in [2.24, 2.45) is 0 Å². The molecule has 202 valence electrons. The number of halogens is 1. The highest BCUT2D eigenvalue weighted by molar-refractivity contribution is 7.09. The average molecular weight is 547 g/mol. The van der Waals surface area contributed by atoms with Crippen molar-refractivity contribution in [1.29, 1.82) is 0 Å². The number of hydrogen-bond donors (Lipinski definition) is 1. The van der Waals surface area contributed by atoms with Gasteiger partial charge in [-0.25, -0.2) is 14.4 Å². The SMILES string of the molecule is COc1cc(C(=O)N2CCC(c3nc(C(=O)NC(C)(C)Cc4ccc(F)cc4)cs3)CC2)nc2ccccc12. The number of nitrogens with one attached hydrogen (secondary N) is 1. The molecule has 4 aromatic rings. The first-order valence-corrected chi connectivity index (χ1v) is 13.9. The Hall–Kier alpha value is -3.85. The van der Waals surface area contributed by atoms with Crippen LogP contribution >= 0.6 is 11.3 Å². The second-order valence-corrected chi connectivity index (χ2v) is 11.4. The molecule has 1 N–H and O–H groups in total. The van der Waals surface area contributed by atoms with E-state index in [1.807, 2.05) is 43.0 Å². The van der Waals surface area contributed by atoms with E-state index in [0.717, 1.165) is 34.3 Å². The van der Waals surface area contributed by atoms with Gasteiger partial charge in [0.05, 0.1) is 17.6 Å². The first-order chi connectivity index (χ1) is 18.7. The molecule has 2 aromatic carbocycles. The number of pyridine rings is 1. The molecule has 0 radical (unpaired) electrons. The smallest absolute Gasteiger partial charge is 0.272 e. The Morgan fingerprint density at radius 1 is 1.08 bits per heavy atom. The van der Waals surface area contributed by atoms with Crippen LogP contribution in [-0.4, -0.2) is 52.4 Å². The molecule has 0 unspecified atom stereocenters. The Kier molecular flexibility index (Phi) is 7.61. The Bertz CT molecular complexity index is 1490. The van der Waals surface area contributed by atoms with Crippen LogP contribution < -0.4 is 10.1 Å². The molecule has 1 aliphatic rings. The summed E-state index contributed by atoms with van der Waals surface area (Å²) in [5, 5.41) is 6.63. The molecule has 0 aliphatic carbocycles. The summed E-state index contributed by atoms with van der Waals surface area (Å²) in [6.07, 6.45) is 2.10. The predicted octanol–water partition coefficient (Wildman–Crippen LogP) is 5.61. The van der Waals surface area contributed by atoms with E-state index in [-0.39, 0.29) is 23.5 Å². The minimum Gasteiger partial charge on any atom is -0.496 e. The van der Waals surface area contributed by atoms with E-state index in [1.54, 1.807) is 30.7 Å². The lowest BCUT2D eigenvalue weighted by Gasteiger charge is -2.31. The molecule has 39 heavy (non-hydrogen) atoms. The summed E-state index contributed by atoms with van der Waals surface area (Å²) in [5.41, 5.74) is 1.92. The standard InChI is InChI=1S/C30H31FN4O3S/c1-30(2,17-19-8-10-21(31)11-9-19)34-27(36)25-18-39-28(33-25)20-12-14-35(15-13-20)29(37)24-16-26(38-3)22-6-4-5-7-23(22)32-24/h4-11,16,18,20H,12-15,17H2,1-3H3,(H,34,36). The number of nitrogens with zero attached hydrogens (tertiary/aromatic N) is 3. The van der Waals surface area contributed by atoms with Crippen molar-refractivity contribution < 1.29 is 18.7 Å². The fourth-order valence-electron chi connectivity index (χ4n) is 5.02. The van der Waals surface area contributed by atoms with Crippen LogP contribution in [0, 0.1) is 5.82 Å². The summed E-state index contributed by atoms with van der Waals surface area (Å²) in [6.45, 7) is 5.06. The van der Waals surface area contributed by atoms with Crippen molar-refractivity contribution in [2.45, 2.75) is 44.6 Å². The van der Waals surface area contributed by atoms with E-state index < -0.39 is 5.54 Å². The van der Waals surface area contributed by atoms with Gasteiger partial charge >= 0.3 is 0 Å². The minimum atomic E-state index is -0.524. The Morgan fingerprint density at radius 2 is 1.79 bits per heavy atom. The maximum atomic E-state index is 13.3. The van der Waals surface area contributed by atoms with E-state index in [0.29, 0.717) is 36.6 Å². The van der Waals surface area contributed by atoms with Gasteiger partial charge in [0.25, 0.3) is 11.8 Å². The molecule has 0 atom stereocenters. The second kappa shape index (κ2) is 11.1. The normalized spacial score (nSPS) is 14.4. The molecule has 0 bridgehead atoms. The third kappa shape index (κ3) is 6.09. The van der Waals surface area contributed by atoms with Gasteiger partial charge in [0.1, 0.15) is 23.0 Å². The number of carbonyl (C=O) groups excluding carboxylic acids is 2. The van der Waals surface area contributed by atoms with E-state index in [2.05, 4.69) is 15.3 Å². The molecule has 5 rings (SSSR count). The Morgan fingerprint density at radius 3 is 2.51 bits per heavy atom. The van der Waals surface area contributed by atoms with Crippen LogP contribution in [0.4, 0.5) is 4.39 Å². The van der Waals surface area contributed by atoms with Crippen molar-refractivity contribution in [3.8, 4) is 5.75 Å². The average Bonchev–Trinajstić information content (AvgIpc) is 3.44. The van der Waals surface area contributed by atoms with Crippen LogP contribution in [-0.2, 0) is 6.42 Å². The number of methoxy groups -OCH3 is 1. The third-order valence-corrected chi connectivity index (χ3v) is 8.02. The van der Waals surface area contributed by atoms with Gasteiger partial charge < -0.3 is 15.0 Å². The molecule has 2 amide bonds. The zero-order chi connectivity index (χ0) is 27.6.